The molecule has 4 heteroatoms. The summed E-state index contributed by atoms with van der Waals surface area (Å²) in [7, 11) is 0. The molecule has 0 saturated heterocycles. The van der Waals surface area contributed by atoms with E-state index in [0.29, 0.717) is 5.92 Å². The summed E-state index contributed by atoms with van der Waals surface area (Å²) in [5.41, 5.74) is 1.98. The molecular formula is C10H12BrN3. The first-order valence-electron chi connectivity index (χ1n) is 4.66. The Kier molecular flexibility index (Phi) is 2.54. The Bertz CT molecular complexity index is 448. The minimum atomic E-state index is 0.627. The van der Waals surface area contributed by atoms with Crippen molar-refractivity contribution in [2.75, 3.05) is 0 Å². The van der Waals surface area contributed by atoms with Crippen LogP contribution in [0.25, 0.3) is 5.65 Å². The third-order valence-corrected chi connectivity index (χ3v) is 2.53. The summed E-state index contributed by atoms with van der Waals surface area (Å²) >= 11 is 3.41. The highest BCUT2D eigenvalue weighted by molar-refractivity contribution is 9.10. The molecule has 0 bridgehead atoms. The predicted molar refractivity (Wildman–Crippen MR) is 59.2 cm³/mol. The smallest absolute Gasteiger partial charge is 0.154 e. The maximum absolute atomic E-state index is 4.48. The molecule has 0 aliphatic heterocycles. The van der Waals surface area contributed by atoms with Crippen LogP contribution in [0.5, 0.6) is 0 Å². The van der Waals surface area contributed by atoms with E-state index in [9.17, 15) is 0 Å². The molecule has 0 aliphatic rings. The van der Waals surface area contributed by atoms with Crippen molar-refractivity contribution in [2.45, 2.75) is 20.3 Å². The highest BCUT2D eigenvalue weighted by Gasteiger charge is 2.04. The Morgan fingerprint density at radius 3 is 2.93 bits per heavy atom. The number of imidazole rings is 1. The van der Waals surface area contributed by atoms with E-state index in [1.54, 1.807) is 6.20 Å². The van der Waals surface area contributed by atoms with Gasteiger partial charge in [-0.3, -0.25) is 0 Å². The van der Waals surface area contributed by atoms with Gasteiger partial charge in [-0.25, -0.2) is 9.50 Å². The quantitative estimate of drug-likeness (QED) is 0.824. The fourth-order valence-corrected chi connectivity index (χ4v) is 1.77. The number of rotatable bonds is 2. The van der Waals surface area contributed by atoms with Crippen molar-refractivity contribution in [1.82, 2.24) is 14.6 Å². The third-order valence-electron chi connectivity index (χ3n) is 1.99. The van der Waals surface area contributed by atoms with Gasteiger partial charge in [0.1, 0.15) is 4.60 Å². The van der Waals surface area contributed by atoms with Crippen LogP contribution in [0.3, 0.4) is 0 Å². The Hall–Kier alpha value is -0.900. The standard InChI is InChI=1S/C10H12BrN3/c1-7(2)5-8-3-4-10-12-6-9(11)14(10)13-8/h3-4,6-7H,5H2,1-2H3. The lowest BCUT2D eigenvalue weighted by molar-refractivity contribution is 0.623. The van der Waals surface area contributed by atoms with Crippen molar-refractivity contribution in [3.8, 4) is 0 Å². The molecule has 0 aliphatic carbocycles. The fraction of sp³-hybridized carbons (Fsp3) is 0.400. The largest absolute Gasteiger partial charge is 0.234 e. The van der Waals surface area contributed by atoms with Gasteiger partial charge in [-0.15, -0.1) is 0 Å². The second-order valence-corrected chi connectivity index (χ2v) is 4.59. The van der Waals surface area contributed by atoms with Gasteiger partial charge in [0, 0.05) is 0 Å². The number of fused-ring (bicyclic) bond motifs is 1. The summed E-state index contributed by atoms with van der Waals surface area (Å²) < 4.78 is 2.72. The Morgan fingerprint density at radius 2 is 2.21 bits per heavy atom. The number of aromatic nitrogens is 3. The molecule has 0 saturated carbocycles. The van der Waals surface area contributed by atoms with Gasteiger partial charge in [-0.2, -0.15) is 5.10 Å². The van der Waals surface area contributed by atoms with Crippen LogP contribution >= 0.6 is 15.9 Å². The van der Waals surface area contributed by atoms with Crippen LogP contribution in [0.2, 0.25) is 0 Å². The topological polar surface area (TPSA) is 30.2 Å². The molecule has 0 atom stereocenters. The third kappa shape index (κ3) is 1.80. The van der Waals surface area contributed by atoms with E-state index in [1.807, 2.05) is 16.6 Å². The van der Waals surface area contributed by atoms with E-state index in [0.717, 1.165) is 22.4 Å². The van der Waals surface area contributed by atoms with Gasteiger partial charge in [0.2, 0.25) is 0 Å². The number of nitrogens with zero attached hydrogens (tertiary/aromatic N) is 3. The molecule has 2 aromatic rings. The molecule has 14 heavy (non-hydrogen) atoms. The van der Waals surface area contributed by atoms with Gasteiger partial charge in [0.25, 0.3) is 0 Å². The molecule has 2 aromatic heterocycles. The molecule has 0 spiro atoms. The second kappa shape index (κ2) is 3.69. The van der Waals surface area contributed by atoms with E-state index in [1.165, 1.54) is 0 Å². The lowest BCUT2D eigenvalue weighted by atomic mass is 10.1. The Labute approximate surface area is 91.3 Å². The highest BCUT2D eigenvalue weighted by Crippen LogP contribution is 2.13. The molecule has 3 nitrogen and oxygen atoms in total. The lowest BCUT2D eigenvalue weighted by Gasteiger charge is -2.04. The van der Waals surface area contributed by atoms with Crippen molar-refractivity contribution in [3.63, 3.8) is 0 Å². The first kappa shape index (κ1) is 9.65. The predicted octanol–water partition coefficient (Wildman–Crippen LogP) is 2.69. The van der Waals surface area contributed by atoms with Gasteiger partial charge in [-0.05, 0) is 40.4 Å². The van der Waals surface area contributed by atoms with Crippen molar-refractivity contribution in [3.05, 3.63) is 28.6 Å². The van der Waals surface area contributed by atoms with Gasteiger partial charge in [-0.1, -0.05) is 13.8 Å². The Balaban J connectivity index is 2.44. The summed E-state index contributed by atoms with van der Waals surface area (Å²) in [5.74, 6) is 0.627. The van der Waals surface area contributed by atoms with Crippen LogP contribution in [0.1, 0.15) is 19.5 Å². The molecule has 0 aromatic carbocycles. The maximum Gasteiger partial charge on any atom is 0.154 e. The first-order chi connectivity index (χ1) is 6.66. The zero-order chi connectivity index (χ0) is 10.1. The van der Waals surface area contributed by atoms with Crippen LogP contribution < -0.4 is 0 Å². The minimum absolute atomic E-state index is 0.627. The molecule has 0 amide bonds. The van der Waals surface area contributed by atoms with Crippen LogP contribution in [-0.4, -0.2) is 14.6 Å². The summed E-state index contributed by atoms with van der Waals surface area (Å²) in [6.07, 6.45) is 2.77. The molecule has 74 valence electrons. The molecule has 0 radical (unpaired) electrons. The lowest BCUT2D eigenvalue weighted by Crippen LogP contribution is -2.01. The molecule has 0 unspecified atom stereocenters. The first-order valence-corrected chi connectivity index (χ1v) is 5.45. The number of hydrogen-bond donors (Lipinski definition) is 0. The van der Waals surface area contributed by atoms with Crippen molar-refractivity contribution < 1.29 is 0 Å². The van der Waals surface area contributed by atoms with Gasteiger partial charge in [0.05, 0.1) is 11.9 Å². The zero-order valence-corrected chi connectivity index (χ0v) is 9.82. The normalized spacial score (nSPS) is 11.4. The van der Waals surface area contributed by atoms with E-state index in [2.05, 4.69) is 39.9 Å². The van der Waals surface area contributed by atoms with Crippen molar-refractivity contribution in [2.24, 2.45) is 5.92 Å². The number of hydrogen-bond acceptors (Lipinski definition) is 2. The summed E-state index contributed by atoms with van der Waals surface area (Å²) in [6, 6.07) is 4.03. The van der Waals surface area contributed by atoms with Crippen LogP contribution in [0, 0.1) is 5.92 Å². The summed E-state index contributed by atoms with van der Waals surface area (Å²) in [4.78, 5) is 4.19. The summed E-state index contributed by atoms with van der Waals surface area (Å²) in [6.45, 7) is 4.38. The molecule has 0 fully saturated rings. The number of halogens is 1. The SMILES string of the molecule is CC(C)Cc1ccc2ncc(Br)n2n1. The van der Waals surface area contributed by atoms with Gasteiger partial charge in [0.15, 0.2) is 5.65 Å². The second-order valence-electron chi connectivity index (χ2n) is 3.77. The van der Waals surface area contributed by atoms with E-state index in [-0.39, 0.29) is 0 Å². The molecule has 0 N–H and O–H groups in total. The van der Waals surface area contributed by atoms with Crippen molar-refractivity contribution in [1.29, 1.82) is 0 Å². The van der Waals surface area contributed by atoms with Crippen LogP contribution in [-0.2, 0) is 6.42 Å². The molecule has 2 heterocycles. The van der Waals surface area contributed by atoms with Gasteiger partial charge < -0.3 is 0 Å². The van der Waals surface area contributed by atoms with E-state index in [4.69, 9.17) is 0 Å². The summed E-state index contributed by atoms with van der Waals surface area (Å²) in [5, 5.41) is 4.48. The Morgan fingerprint density at radius 1 is 1.43 bits per heavy atom. The van der Waals surface area contributed by atoms with E-state index >= 15 is 0 Å². The molecule has 2 rings (SSSR count). The highest BCUT2D eigenvalue weighted by atomic mass is 79.9. The van der Waals surface area contributed by atoms with E-state index < -0.39 is 0 Å². The minimum Gasteiger partial charge on any atom is -0.234 e. The maximum atomic E-state index is 4.48. The molecular weight excluding hydrogens is 242 g/mol. The average molecular weight is 254 g/mol. The average Bonchev–Trinajstić information content (AvgIpc) is 2.47. The van der Waals surface area contributed by atoms with Crippen molar-refractivity contribution >= 4 is 21.6 Å². The van der Waals surface area contributed by atoms with Gasteiger partial charge >= 0.3 is 0 Å². The zero-order valence-electron chi connectivity index (χ0n) is 8.24. The van der Waals surface area contributed by atoms with Crippen LogP contribution in [0.4, 0.5) is 0 Å². The monoisotopic (exact) mass is 253 g/mol. The van der Waals surface area contributed by atoms with Crippen LogP contribution in [0.15, 0.2) is 22.9 Å². The fourth-order valence-electron chi connectivity index (χ4n) is 1.41.